The Bertz CT molecular complexity index is 891. The number of guanidine groups is 1. The van der Waals surface area contributed by atoms with Gasteiger partial charge in [-0.2, -0.15) is 0 Å². The molecule has 0 bridgehead atoms. The normalized spacial score (nSPS) is 18.7. The van der Waals surface area contributed by atoms with Crippen LogP contribution in [0.3, 0.4) is 0 Å². The third-order valence-corrected chi connectivity index (χ3v) is 5.78. The standard InChI is InChI=1S/C24H36N4O3/c1-6-25-23(27-16-24(4,29)20-13-17(2)31-18(20)3)26-14-19-11-12-28(15-19)21-9-7-8-10-22(21)30-5/h7-10,13,19,29H,6,11-12,14-16H2,1-5H3,(H2,25,26,27). The molecule has 1 fully saturated rings. The molecule has 1 saturated heterocycles. The van der Waals surface area contributed by atoms with E-state index in [1.807, 2.05) is 39.0 Å². The molecular weight excluding hydrogens is 392 g/mol. The molecule has 2 atom stereocenters. The van der Waals surface area contributed by atoms with Gasteiger partial charge in [-0.3, -0.25) is 0 Å². The number of methoxy groups -OCH3 is 1. The van der Waals surface area contributed by atoms with E-state index in [9.17, 15) is 5.11 Å². The number of hydrogen-bond acceptors (Lipinski definition) is 5. The van der Waals surface area contributed by atoms with Crippen molar-refractivity contribution < 1.29 is 14.3 Å². The van der Waals surface area contributed by atoms with Crippen molar-refractivity contribution in [3.63, 3.8) is 0 Å². The van der Waals surface area contributed by atoms with Crippen molar-refractivity contribution in [2.45, 2.75) is 39.7 Å². The number of aliphatic hydroxyl groups is 1. The molecule has 3 rings (SSSR count). The van der Waals surface area contributed by atoms with Crippen LogP contribution >= 0.6 is 0 Å². The number of para-hydroxylation sites is 2. The number of nitrogens with zero attached hydrogens (tertiary/aromatic N) is 2. The average molecular weight is 429 g/mol. The van der Waals surface area contributed by atoms with Crippen LogP contribution in [-0.2, 0) is 5.60 Å². The highest BCUT2D eigenvalue weighted by molar-refractivity contribution is 5.79. The third-order valence-electron chi connectivity index (χ3n) is 5.78. The summed E-state index contributed by atoms with van der Waals surface area (Å²) in [6, 6.07) is 10.1. The molecule has 0 amide bonds. The smallest absolute Gasteiger partial charge is 0.191 e. The van der Waals surface area contributed by atoms with Gasteiger partial charge in [-0.25, -0.2) is 4.99 Å². The van der Waals surface area contributed by atoms with Crippen LogP contribution in [0, 0.1) is 19.8 Å². The average Bonchev–Trinajstić information content (AvgIpc) is 3.36. The Hall–Kier alpha value is -2.67. The second-order valence-corrected chi connectivity index (χ2v) is 8.45. The molecule has 2 aromatic rings. The largest absolute Gasteiger partial charge is 0.495 e. The van der Waals surface area contributed by atoms with E-state index in [-0.39, 0.29) is 6.54 Å². The molecule has 7 heteroatoms. The van der Waals surface area contributed by atoms with Crippen LogP contribution in [0.4, 0.5) is 5.69 Å². The SMILES string of the molecule is CCNC(=NCC(C)(O)c1cc(C)oc1C)NCC1CCN(c2ccccc2OC)C1. The first-order valence-corrected chi connectivity index (χ1v) is 11.0. The van der Waals surface area contributed by atoms with E-state index < -0.39 is 5.60 Å². The Morgan fingerprint density at radius 3 is 2.77 bits per heavy atom. The van der Waals surface area contributed by atoms with E-state index in [0.717, 1.165) is 67.1 Å². The molecule has 2 unspecified atom stereocenters. The summed E-state index contributed by atoms with van der Waals surface area (Å²) in [5, 5.41) is 17.7. The van der Waals surface area contributed by atoms with Crippen LogP contribution in [0.1, 0.15) is 37.4 Å². The minimum atomic E-state index is -1.09. The van der Waals surface area contributed by atoms with Gasteiger partial charge in [-0.1, -0.05) is 12.1 Å². The number of hydrogen-bond donors (Lipinski definition) is 3. The van der Waals surface area contributed by atoms with Crippen molar-refractivity contribution in [3.8, 4) is 5.75 Å². The van der Waals surface area contributed by atoms with E-state index in [1.54, 1.807) is 14.0 Å². The second kappa shape index (κ2) is 10.1. The number of benzene rings is 1. The molecule has 0 radical (unpaired) electrons. The van der Waals surface area contributed by atoms with Gasteiger partial charge in [0.25, 0.3) is 0 Å². The minimum Gasteiger partial charge on any atom is -0.495 e. The predicted molar refractivity (Wildman–Crippen MR) is 125 cm³/mol. The van der Waals surface area contributed by atoms with E-state index in [2.05, 4.69) is 32.7 Å². The lowest BCUT2D eigenvalue weighted by atomic mass is 9.96. The number of rotatable bonds is 8. The van der Waals surface area contributed by atoms with Crippen molar-refractivity contribution in [1.82, 2.24) is 10.6 Å². The molecule has 0 saturated carbocycles. The van der Waals surface area contributed by atoms with Gasteiger partial charge in [0.1, 0.15) is 22.9 Å². The maximum atomic E-state index is 10.9. The zero-order valence-electron chi connectivity index (χ0n) is 19.4. The summed E-state index contributed by atoms with van der Waals surface area (Å²) < 4.78 is 11.1. The first-order valence-electron chi connectivity index (χ1n) is 11.0. The molecule has 1 aromatic carbocycles. The Morgan fingerprint density at radius 1 is 1.32 bits per heavy atom. The minimum absolute atomic E-state index is 0.250. The molecule has 2 heterocycles. The molecule has 170 valence electrons. The second-order valence-electron chi connectivity index (χ2n) is 8.45. The molecule has 31 heavy (non-hydrogen) atoms. The molecule has 0 aliphatic carbocycles. The zero-order chi connectivity index (χ0) is 22.4. The van der Waals surface area contributed by atoms with E-state index >= 15 is 0 Å². The third kappa shape index (κ3) is 5.73. The van der Waals surface area contributed by atoms with Gasteiger partial charge < -0.3 is 29.8 Å². The van der Waals surface area contributed by atoms with Crippen LogP contribution in [0.25, 0.3) is 0 Å². The fourth-order valence-corrected chi connectivity index (χ4v) is 4.18. The van der Waals surface area contributed by atoms with Crippen LogP contribution in [0.5, 0.6) is 5.75 Å². The van der Waals surface area contributed by atoms with E-state index in [1.165, 1.54) is 0 Å². The first-order chi connectivity index (χ1) is 14.8. The monoisotopic (exact) mass is 428 g/mol. The number of furan rings is 1. The Labute approximate surface area is 185 Å². The van der Waals surface area contributed by atoms with Gasteiger partial charge in [-0.15, -0.1) is 0 Å². The maximum absolute atomic E-state index is 10.9. The van der Waals surface area contributed by atoms with Crippen LogP contribution in [-0.4, -0.2) is 50.9 Å². The van der Waals surface area contributed by atoms with Crippen molar-refractivity contribution in [2.24, 2.45) is 10.9 Å². The molecule has 1 aliphatic heterocycles. The van der Waals surface area contributed by atoms with Gasteiger partial charge in [0.05, 0.1) is 19.3 Å². The number of ether oxygens (including phenoxy) is 1. The lowest BCUT2D eigenvalue weighted by Gasteiger charge is -2.23. The van der Waals surface area contributed by atoms with Gasteiger partial charge >= 0.3 is 0 Å². The molecule has 1 aromatic heterocycles. The summed E-state index contributed by atoms with van der Waals surface area (Å²) in [4.78, 5) is 7.03. The number of nitrogens with one attached hydrogen (secondary N) is 2. The summed E-state index contributed by atoms with van der Waals surface area (Å²) in [6.07, 6.45) is 1.11. The number of aliphatic imine (C=N–C) groups is 1. The Morgan fingerprint density at radius 2 is 2.10 bits per heavy atom. The zero-order valence-corrected chi connectivity index (χ0v) is 19.4. The number of anilines is 1. The highest BCUT2D eigenvalue weighted by Crippen LogP contribution is 2.32. The topological polar surface area (TPSA) is 82.3 Å². The summed E-state index contributed by atoms with van der Waals surface area (Å²) in [7, 11) is 1.72. The summed E-state index contributed by atoms with van der Waals surface area (Å²) >= 11 is 0. The van der Waals surface area contributed by atoms with Crippen molar-refractivity contribution in [1.29, 1.82) is 0 Å². The lowest BCUT2D eigenvalue weighted by molar-refractivity contribution is 0.0657. The van der Waals surface area contributed by atoms with Gasteiger partial charge in [0.2, 0.25) is 0 Å². The molecule has 1 aliphatic rings. The Balaban J connectivity index is 1.59. The first kappa shape index (κ1) is 23.0. The van der Waals surface area contributed by atoms with Gasteiger partial charge in [0.15, 0.2) is 5.96 Å². The predicted octanol–water partition coefficient (Wildman–Crippen LogP) is 3.19. The van der Waals surface area contributed by atoms with Crippen LogP contribution in [0.15, 0.2) is 39.7 Å². The molecular formula is C24H36N4O3. The fourth-order valence-electron chi connectivity index (χ4n) is 4.18. The summed E-state index contributed by atoms with van der Waals surface area (Å²) in [5.41, 5.74) is 0.848. The molecule has 3 N–H and O–H groups in total. The van der Waals surface area contributed by atoms with Crippen LogP contribution in [0.2, 0.25) is 0 Å². The Kier molecular flexibility index (Phi) is 7.49. The van der Waals surface area contributed by atoms with Crippen molar-refractivity contribution >= 4 is 11.6 Å². The molecule has 0 spiro atoms. The quantitative estimate of drug-likeness (QED) is 0.443. The summed E-state index contributed by atoms with van der Waals surface area (Å²) in [5.74, 6) is 3.67. The molecule has 7 nitrogen and oxygen atoms in total. The fraction of sp³-hybridized carbons (Fsp3) is 0.542. The highest BCUT2D eigenvalue weighted by atomic mass is 16.5. The lowest BCUT2D eigenvalue weighted by Crippen LogP contribution is -2.41. The van der Waals surface area contributed by atoms with Crippen LogP contribution < -0.4 is 20.3 Å². The van der Waals surface area contributed by atoms with Gasteiger partial charge in [0, 0.05) is 31.7 Å². The maximum Gasteiger partial charge on any atom is 0.191 e. The van der Waals surface area contributed by atoms with Crippen molar-refractivity contribution in [2.75, 3.05) is 44.7 Å². The highest BCUT2D eigenvalue weighted by Gasteiger charge is 2.28. The number of aryl methyl sites for hydroxylation is 2. The van der Waals surface area contributed by atoms with Gasteiger partial charge in [-0.05, 0) is 58.2 Å². The summed E-state index contributed by atoms with van der Waals surface area (Å²) in [6.45, 7) is 11.4. The van der Waals surface area contributed by atoms with E-state index in [0.29, 0.717) is 5.92 Å². The van der Waals surface area contributed by atoms with Crippen molar-refractivity contribution in [3.05, 3.63) is 47.4 Å². The van der Waals surface area contributed by atoms with E-state index in [4.69, 9.17) is 9.15 Å².